The summed E-state index contributed by atoms with van der Waals surface area (Å²) in [5.74, 6) is -1.69. The molecule has 0 heterocycles. The molecule has 0 saturated carbocycles. The fraction of sp³-hybridized carbons (Fsp3) is 0.259. The Morgan fingerprint density at radius 3 is 2.05 bits per heavy atom. The summed E-state index contributed by atoms with van der Waals surface area (Å²) in [5.41, 5.74) is 0.727. The van der Waals surface area contributed by atoms with Gasteiger partial charge in [0, 0.05) is 22.9 Å². The first kappa shape index (κ1) is 28.9. The molecule has 3 N–H and O–H groups in total. The summed E-state index contributed by atoms with van der Waals surface area (Å²) in [5, 5.41) is 18.6. The van der Waals surface area contributed by atoms with E-state index in [1.54, 1.807) is 18.2 Å². The zero-order valence-electron chi connectivity index (χ0n) is 21.6. The smallest absolute Gasteiger partial charge is 0.872 e. The maximum absolute atomic E-state index is 13.6. The van der Waals surface area contributed by atoms with Gasteiger partial charge in [-0.1, -0.05) is 50.8 Å². The normalized spacial score (nSPS) is 13.1. The molecule has 0 bridgehead atoms. The van der Waals surface area contributed by atoms with Crippen molar-refractivity contribution in [1.29, 1.82) is 0 Å². The summed E-state index contributed by atoms with van der Waals surface area (Å²) in [4.78, 5) is 26.7. The second kappa shape index (κ2) is 10.2. The van der Waals surface area contributed by atoms with Crippen molar-refractivity contribution in [2.45, 2.75) is 51.0 Å². The maximum atomic E-state index is 13.6. The second-order valence-corrected chi connectivity index (χ2v) is 11.5. The minimum absolute atomic E-state index is 0. The summed E-state index contributed by atoms with van der Waals surface area (Å²) in [6.07, 6.45) is 0. The van der Waals surface area contributed by atoms with Crippen LogP contribution >= 0.6 is 0 Å². The molecule has 0 aromatic heterocycles. The number of ketones is 2. The van der Waals surface area contributed by atoms with Crippen molar-refractivity contribution in [3.63, 3.8) is 0 Å². The first-order valence-corrected chi connectivity index (χ1v) is 12.9. The Hall–Kier alpha value is -2.69. The van der Waals surface area contributed by atoms with E-state index in [0.29, 0.717) is 11.3 Å². The van der Waals surface area contributed by atoms with E-state index in [9.17, 15) is 27.7 Å². The van der Waals surface area contributed by atoms with Crippen LogP contribution in [0.15, 0.2) is 53.4 Å². The van der Waals surface area contributed by atoms with Crippen molar-refractivity contribution in [3.8, 4) is 5.75 Å². The summed E-state index contributed by atoms with van der Waals surface area (Å²) in [7, 11) is -4.64. The number of carbonyl (C=O) groups excluding carboxylic acids is 2. The van der Waals surface area contributed by atoms with Crippen LogP contribution in [0.25, 0.3) is 0 Å². The third-order valence-electron chi connectivity index (χ3n) is 6.00. The van der Waals surface area contributed by atoms with Crippen LogP contribution in [0.2, 0.25) is 0 Å². The zero-order chi connectivity index (χ0) is 26.6. The average Bonchev–Trinajstić information content (AvgIpc) is 2.76. The van der Waals surface area contributed by atoms with Gasteiger partial charge in [-0.25, -0.2) is 0 Å². The number of anilines is 3. The molecular formula is C27H27N2NaO6S. The van der Waals surface area contributed by atoms with E-state index in [0.717, 1.165) is 0 Å². The van der Waals surface area contributed by atoms with E-state index in [2.05, 4.69) is 10.6 Å². The molecule has 3 aromatic carbocycles. The molecule has 0 aliphatic heterocycles. The molecule has 0 atom stereocenters. The summed E-state index contributed by atoms with van der Waals surface area (Å²) < 4.78 is 34.5. The molecule has 0 unspecified atom stereocenters. The average molecular weight is 531 g/mol. The molecule has 0 radical (unpaired) electrons. The van der Waals surface area contributed by atoms with Crippen LogP contribution < -0.4 is 45.3 Å². The molecule has 188 valence electrons. The van der Waals surface area contributed by atoms with Crippen LogP contribution in [-0.4, -0.2) is 30.6 Å². The molecule has 1 aliphatic carbocycles. The SMILES string of the molecule is CC(C)Nc1ccc(Nc2ccc(C(C)(C)C)cc2S(=O)(=O)O)c2c1C(=O)c1cccc([O-])c1C2=O.[Na+]. The van der Waals surface area contributed by atoms with Crippen molar-refractivity contribution in [1.82, 2.24) is 0 Å². The monoisotopic (exact) mass is 530 g/mol. The van der Waals surface area contributed by atoms with Gasteiger partial charge in [-0.3, -0.25) is 14.1 Å². The summed E-state index contributed by atoms with van der Waals surface area (Å²) in [6, 6.07) is 11.8. The second-order valence-electron chi connectivity index (χ2n) is 10.1. The van der Waals surface area contributed by atoms with Gasteiger partial charge in [0.05, 0.1) is 22.5 Å². The molecule has 37 heavy (non-hydrogen) atoms. The van der Waals surface area contributed by atoms with E-state index in [1.807, 2.05) is 34.6 Å². The number of hydrogen-bond acceptors (Lipinski definition) is 7. The van der Waals surface area contributed by atoms with Crippen LogP contribution in [0.5, 0.6) is 5.75 Å². The standard InChI is InChI=1S/C27H28N2O6S.Na/c1-14(2)28-18-11-12-19(24-23(18)25(31)16-7-6-8-20(30)22(16)26(24)32)29-17-10-9-15(27(3,4)5)13-21(17)36(33,34)35;/h6-14,28-30H,1-5H3,(H,33,34,35);/q;+1/p-1. The summed E-state index contributed by atoms with van der Waals surface area (Å²) in [6.45, 7) is 9.48. The van der Waals surface area contributed by atoms with Crippen LogP contribution in [0.1, 0.15) is 72.0 Å². The number of hydrogen-bond donors (Lipinski definition) is 3. The Labute approximate surface area is 238 Å². The van der Waals surface area contributed by atoms with E-state index < -0.39 is 32.8 Å². The van der Waals surface area contributed by atoms with Crippen molar-refractivity contribution >= 4 is 38.7 Å². The number of fused-ring (bicyclic) bond motifs is 2. The molecule has 0 fully saturated rings. The van der Waals surface area contributed by atoms with Gasteiger partial charge in [0.1, 0.15) is 4.90 Å². The van der Waals surface area contributed by atoms with Crippen molar-refractivity contribution in [2.75, 3.05) is 10.6 Å². The molecule has 8 nitrogen and oxygen atoms in total. The fourth-order valence-corrected chi connectivity index (χ4v) is 4.95. The zero-order valence-corrected chi connectivity index (χ0v) is 24.4. The molecule has 4 rings (SSSR count). The Balaban J connectivity index is 0.00000380. The van der Waals surface area contributed by atoms with E-state index in [1.165, 1.54) is 30.3 Å². The Kier molecular flexibility index (Phi) is 7.98. The number of carbonyl (C=O) groups is 2. The third-order valence-corrected chi connectivity index (χ3v) is 6.89. The minimum atomic E-state index is -4.64. The quantitative estimate of drug-likeness (QED) is 0.262. The molecule has 3 aromatic rings. The molecule has 0 amide bonds. The van der Waals surface area contributed by atoms with Gasteiger partial charge in [0.15, 0.2) is 11.6 Å². The van der Waals surface area contributed by atoms with Crippen molar-refractivity contribution in [2.24, 2.45) is 0 Å². The number of benzene rings is 3. The van der Waals surface area contributed by atoms with Gasteiger partial charge in [-0.2, -0.15) is 8.42 Å². The molecule has 1 aliphatic rings. The van der Waals surface area contributed by atoms with Crippen LogP contribution in [0, 0.1) is 0 Å². The third kappa shape index (κ3) is 5.46. The van der Waals surface area contributed by atoms with Crippen molar-refractivity contribution < 1.29 is 57.2 Å². The first-order valence-electron chi connectivity index (χ1n) is 11.4. The van der Waals surface area contributed by atoms with Crippen LogP contribution in [0.4, 0.5) is 17.1 Å². The van der Waals surface area contributed by atoms with Crippen LogP contribution in [-0.2, 0) is 15.5 Å². The van der Waals surface area contributed by atoms with Gasteiger partial charge in [-0.15, -0.1) is 0 Å². The Bertz CT molecular complexity index is 1520. The van der Waals surface area contributed by atoms with E-state index >= 15 is 0 Å². The number of rotatable bonds is 5. The van der Waals surface area contributed by atoms with E-state index in [4.69, 9.17) is 0 Å². The van der Waals surface area contributed by atoms with Crippen molar-refractivity contribution in [3.05, 3.63) is 76.3 Å². The topological polar surface area (TPSA) is 136 Å². The van der Waals surface area contributed by atoms with Crippen LogP contribution in [0.3, 0.4) is 0 Å². The fourth-order valence-electron chi connectivity index (χ4n) is 4.27. The van der Waals surface area contributed by atoms with Gasteiger partial charge >= 0.3 is 29.6 Å². The molecule has 0 spiro atoms. The predicted octanol–water partition coefficient (Wildman–Crippen LogP) is 1.65. The van der Waals surface area contributed by atoms with Gasteiger partial charge in [-0.05, 0) is 49.1 Å². The van der Waals surface area contributed by atoms with Gasteiger partial charge in [0.2, 0.25) is 0 Å². The molecular weight excluding hydrogens is 503 g/mol. The van der Waals surface area contributed by atoms with Gasteiger partial charge < -0.3 is 15.7 Å². The van der Waals surface area contributed by atoms with E-state index in [-0.39, 0.29) is 74.1 Å². The Morgan fingerprint density at radius 1 is 0.865 bits per heavy atom. The number of nitrogens with one attached hydrogen (secondary N) is 2. The maximum Gasteiger partial charge on any atom is 1.00 e. The first-order chi connectivity index (χ1) is 16.7. The minimum Gasteiger partial charge on any atom is -0.872 e. The largest absolute Gasteiger partial charge is 1.00 e. The molecule has 10 heteroatoms. The molecule has 0 saturated heterocycles. The summed E-state index contributed by atoms with van der Waals surface area (Å²) >= 11 is 0. The van der Waals surface area contributed by atoms with Gasteiger partial charge in [0.25, 0.3) is 10.1 Å². The Morgan fingerprint density at radius 2 is 1.46 bits per heavy atom. The predicted molar refractivity (Wildman–Crippen MR) is 136 cm³/mol.